The summed E-state index contributed by atoms with van der Waals surface area (Å²) in [4.78, 5) is 4.07. The second kappa shape index (κ2) is 5.31. The van der Waals surface area contributed by atoms with Crippen molar-refractivity contribution in [3.63, 3.8) is 0 Å². The first-order valence-electron chi connectivity index (χ1n) is 6.09. The number of nitrogens with one attached hydrogen (secondary N) is 1. The molecule has 2 atom stereocenters. The lowest BCUT2D eigenvalue weighted by Gasteiger charge is -2.20. The van der Waals surface area contributed by atoms with E-state index >= 15 is 0 Å². The summed E-state index contributed by atoms with van der Waals surface area (Å²) >= 11 is 0. The van der Waals surface area contributed by atoms with Gasteiger partial charge in [-0.05, 0) is 31.7 Å². The minimum Gasteiger partial charge on any atom is -0.337 e. The molecule has 1 heterocycles. The highest BCUT2D eigenvalue weighted by Crippen LogP contribution is 2.28. The van der Waals surface area contributed by atoms with Gasteiger partial charge in [-0.25, -0.2) is 4.98 Å². The molecule has 1 aromatic heterocycles. The minimum atomic E-state index is 0.763. The van der Waals surface area contributed by atoms with Crippen molar-refractivity contribution in [2.45, 2.75) is 45.2 Å². The Labute approximate surface area is 91.9 Å². The molecule has 2 unspecified atom stereocenters. The number of nitrogens with zero attached hydrogens (tertiary/aromatic N) is 2. The van der Waals surface area contributed by atoms with Crippen molar-refractivity contribution < 1.29 is 0 Å². The predicted octanol–water partition coefficient (Wildman–Crippen LogP) is 2.05. The van der Waals surface area contributed by atoms with Crippen LogP contribution in [0.25, 0.3) is 0 Å². The lowest BCUT2D eigenvalue weighted by atomic mass is 9.99. The molecule has 1 N–H and O–H groups in total. The van der Waals surface area contributed by atoms with Gasteiger partial charge in [0.15, 0.2) is 0 Å². The summed E-state index contributed by atoms with van der Waals surface area (Å²) in [5.74, 6) is 0.868. The standard InChI is InChI=1S/C12H21N3/c1-2-14-12-5-3-4-11(12)6-8-15-9-7-13-10-15/h7,9-12,14H,2-6,8H2,1H3. The third-order valence-electron chi connectivity index (χ3n) is 3.44. The summed E-state index contributed by atoms with van der Waals surface area (Å²) in [7, 11) is 0. The molecular formula is C12H21N3. The van der Waals surface area contributed by atoms with Crippen molar-refractivity contribution in [1.29, 1.82) is 0 Å². The normalized spacial score (nSPS) is 25.9. The number of aromatic nitrogens is 2. The second-order valence-electron chi connectivity index (χ2n) is 4.44. The second-order valence-corrected chi connectivity index (χ2v) is 4.44. The topological polar surface area (TPSA) is 29.9 Å². The lowest BCUT2D eigenvalue weighted by molar-refractivity contribution is 0.366. The number of rotatable bonds is 5. The van der Waals surface area contributed by atoms with E-state index in [9.17, 15) is 0 Å². The largest absolute Gasteiger partial charge is 0.337 e. The molecule has 0 aliphatic heterocycles. The van der Waals surface area contributed by atoms with Gasteiger partial charge >= 0.3 is 0 Å². The SMILES string of the molecule is CCNC1CCCC1CCn1ccnc1. The summed E-state index contributed by atoms with van der Waals surface area (Å²) in [6.07, 6.45) is 11.3. The van der Waals surface area contributed by atoms with Crippen LogP contribution < -0.4 is 5.32 Å². The molecule has 0 radical (unpaired) electrons. The van der Waals surface area contributed by atoms with Crippen molar-refractivity contribution in [1.82, 2.24) is 14.9 Å². The Kier molecular flexibility index (Phi) is 3.78. The number of hydrogen-bond donors (Lipinski definition) is 1. The summed E-state index contributed by atoms with van der Waals surface area (Å²) in [6.45, 7) is 4.42. The van der Waals surface area contributed by atoms with Crippen LogP contribution in [0.15, 0.2) is 18.7 Å². The number of imidazole rings is 1. The molecule has 0 spiro atoms. The van der Waals surface area contributed by atoms with Crippen LogP contribution in [0.3, 0.4) is 0 Å². The first kappa shape index (κ1) is 10.7. The molecule has 0 bridgehead atoms. The van der Waals surface area contributed by atoms with E-state index in [0.29, 0.717) is 0 Å². The molecule has 0 amide bonds. The lowest BCUT2D eigenvalue weighted by Crippen LogP contribution is -2.32. The van der Waals surface area contributed by atoms with Crippen molar-refractivity contribution in [2.24, 2.45) is 5.92 Å². The van der Waals surface area contributed by atoms with Crippen LogP contribution in [-0.2, 0) is 6.54 Å². The molecule has 3 heteroatoms. The van der Waals surface area contributed by atoms with Crippen LogP contribution in [0.1, 0.15) is 32.6 Å². The van der Waals surface area contributed by atoms with Crippen LogP contribution in [0.2, 0.25) is 0 Å². The fourth-order valence-electron chi connectivity index (χ4n) is 2.65. The first-order chi connectivity index (χ1) is 7.40. The Bertz CT molecular complexity index is 268. The molecule has 1 aliphatic carbocycles. The van der Waals surface area contributed by atoms with Crippen molar-refractivity contribution in [2.75, 3.05) is 6.54 Å². The fourth-order valence-corrected chi connectivity index (χ4v) is 2.65. The van der Waals surface area contributed by atoms with Gasteiger partial charge in [-0.15, -0.1) is 0 Å². The van der Waals surface area contributed by atoms with Crippen molar-refractivity contribution in [3.8, 4) is 0 Å². The van der Waals surface area contributed by atoms with E-state index < -0.39 is 0 Å². The van der Waals surface area contributed by atoms with E-state index in [4.69, 9.17) is 0 Å². The summed E-state index contributed by atoms with van der Waals surface area (Å²) in [5, 5.41) is 3.60. The Morgan fingerprint density at radius 3 is 3.13 bits per heavy atom. The maximum absolute atomic E-state index is 4.07. The molecule has 1 saturated carbocycles. The maximum atomic E-state index is 4.07. The van der Waals surface area contributed by atoms with Crippen molar-refractivity contribution in [3.05, 3.63) is 18.7 Å². The third kappa shape index (κ3) is 2.81. The summed E-state index contributed by atoms with van der Waals surface area (Å²) in [5.41, 5.74) is 0. The van der Waals surface area contributed by atoms with Gasteiger partial charge in [-0.2, -0.15) is 0 Å². The van der Waals surface area contributed by atoms with Gasteiger partial charge in [-0.3, -0.25) is 0 Å². The minimum absolute atomic E-state index is 0.763. The highest BCUT2D eigenvalue weighted by molar-refractivity contribution is 4.83. The predicted molar refractivity (Wildman–Crippen MR) is 61.6 cm³/mol. The number of aryl methyl sites for hydroxylation is 1. The van der Waals surface area contributed by atoms with E-state index in [1.165, 1.54) is 25.7 Å². The first-order valence-corrected chi connectivity index (χ1v) is 6.09. The van der Waals surface area contributed by atoms with E-state index in [2.05, 4.69) is 28.0 Å². The molecular weight excluding hydrogens is 186 g/mol. The molecule has 0 aromatic carbocycles. The quantitative estimate of drug-likeness (QED) is 0.801. The van der Waals surface area contributed by atoms with Crippen LogP contribution >= 0.6 is 0 Å². The molecule has 1 aromatic rings. The molecule has 2 rings (SSSR count). The average Bonchev–Trinajstić information content (AvgIpc) is 2.85. The molecule has 0 saturated heterocycles. The Morgan fingerprint density at radius 1 is 1.47 bits per heavy atom. The van der Waals surface area contributed by atoms with Gasteiger partial charge in [0.1, 0.15) is 0 Å². The number of hydrogen-bond acceptors (Lipinski definition) is 2. The summed E-state index contributed by atoms with van der Waals surface area (Å²) in [6, 6.07) is 0.763. The molecule has 1 aliphatic rings. The molecule has 15 heavy (non-hydrogen) atoms. The van der Waals surface area contributed by atoms with Gasteiger partial charge in [0, 0.05) is 25.0 Å². The fraction of sp³-hybridized carbons (Fsp3) is 0.750. The van der Waals surface area contributed by atoms with E-state index in [1.807, 2.05) is 12.5 Å². The smallest absolute Gasteiger partial charge is 0.0945 e. The molecule has 84 valence electrons. The van der Waals surface area contributed by atoms with Gasteiger partial charge in [0.05, 0.1) is 6.33 Å². The zero-order valence-electron chi connectivity index (χ0n) is 9.52. The van der Waals surface area contributed by atoms with Gasteiger partial charge in [0.2, 0.25) is 0 Å². The Balaban J connectivity index is 1.78. The van der Waals surface area contributed by atoms with Gasteiger partial charge in [0.25, 0.3) is 0 Å². The van der Waals surface area contributed by atoms with Crippen LogP contribution in [0.5, 0.6) is 0 Å². The maximum Gasteiger partial charge on any atom is 0.0945 e. The summed E-state index contributed by atoms with van der Waals surface area (Å²) < 4.78 is 2.18. The van der Waals surface area contributed by atoms with Crippen LogP contribution in [0, 0.1) is 5.92 Å². The molecule has 3 nitrogen and oxygen atoms in total. The Hall–Kier alpha value is -0.830. The zero-order valence-corrected chi connectivity index (χ0v) is 9.52. The van der Waals surface area contributed by atoms with E-state index in [-0.39, 0.29) is 0 Å². The van der Waals surface area contributed by atoms with Crippen LogP contribution in [-0.4, -0.2) is 22.1 Å². The highest BCUT2D eigenvalue weighted by atomic mass is 15.0. The Morgan fingerprint density at radius 2 is 2.40 bits per heavy atom. The third-order valence-corrected chi connectivity index (χ3v) is 3.44. The highest BCUT2D eigenvalue weighted by Gasteiger charge is 2.25. The van der Waals surface area contributed by atoms with Gasteiger partial charge < -0.3 is 9.88 Å². The van der Waals surface area contributed by atoms with Gasteiger partial charge in [-0.1, -0.05) is 13.3 Å². The monoisotopic (exact) mass is 207 g/mol. The molecule has 1 fully saturated rings. The van der Waals surface area contributed by atoms with Crippen molar-refractivity contribution >= 4 is 0 Å². The average molecular weight is 207 g/mol. The van der Waals surface area contributed by atoms with E-state index in [0.717, 1.165) is 25.0 Å². The zero-order chi connectivity index (χ0) is 10.5. The van der Waals surface area contributed by atoms with Crippen LogP contribution in [0.4, 0.5) is 0 Å². The van der Waals surface area contributed by atoms with E-state index in [1.54, 1.807) is 0 Å².